The summed E-state index contributed by atoms with van der Waals surface area (Å²) in [6, 6.07) is 7.45. The number of thiophene rings is 1. The van der Waals surface area contributed by atoms with Crippen LogP contribution in [0.3, 0.4) is 0 Å². The maximum absolute atomic E-state index is 11.7. The van der Waals surface area contributed by atoms with Crippen LogP contribution < -0.4 is 16.4 Å². The van der Waals surface area contributed by atoms with E-state index in [1.165, 1.54) is 24.2 Å². The number of fused-ring (bicyclic) bond motifs is 1. The number of piperidine rings is 1. The largest absolute Gasteiger partial charge is 0.366 e. The Morgan fingerprint density at radius 3 is 2.96 bits per heavy atom. The molecule has 0 spiro atoms. The van der Waals surface area contributed by atoms with Gasteiger partial charge in [0.1, 0.15) is 5.69 Å². The molecule has 28 heavy (non-hydrogen) atoms. The molecule has 146 valence electrons. The van der Waals surface area contributed by atoms with Crippen LogP contribution in [0.2, 0.25) is 5.02 Å². The van der Waals surface area contributed by atoms with Crippen molar-refractivity contribution in [1.29, 1.82) is 0 Å². The molecule has 0 saturated carbocycles. The molecule has 3 aromatic rings. The predicted octanol–water partition coefficient (Wildman–Crippen LogP) is 3.91. The summed E-state index contributed by atoms with van der Waals surface area (Å²) >= 11 is 7.91. The molecule has 1 aromatic carbocycles. The van der Waals surface area contributed by atoms with Gasteiger partial charge in [-0.2, -0.15) is 0 Å². The third-order valence-corrected chi connectivity index (χ3v) is 6.48. The number of anilines is 1. The van der Waals surface area contributed by atoms with Gasteiger partial charge in [0.05, 0.1) is 16.1 Å². The first-order chi connectivity index (χ1) is 13.6. The second-order valence-electron chi connectivity index (χ2n) is 6.99. The molecule has 3 heterocycles. The fourth-order valence-electron chi connectivity index (χ4n) is 3.58. The SMILES string of the molecule is NC(=O)c1cccc2sc(-c3nc(NCCC4CCNCC4)ncc3Cl)cc12. The lowest BCUT2D eigenvalue weighted by atomic mass is 9.95. The third-order valence-electron chi connectivity index (χ3n) is 5.10. The van der Waals surface area contributed by atoms with Crippen molar-refractivity contribution in [3.8, 4) is 10.6 Å². The third kappa shape index (κ3) is 4.11. The van der Waals surface area contributed by atoms with Crippen LogP contribution in [0.1, 0.15) is 29.6 Å². The summed E-state index contributed by atoms with van der Waals surface area (Å²) in [6.45, 7) is 3.04. The molecule has 6 nitrogen and oxygen atoms in total. The zero-order valence-corrected chi connectivity index (χ0v) is 16.9. The molecular formula is C20H22ClN5OS. The van der Waals surface area contributed by atoms with Crippen molar-refractivity contribution in [2.45, 2.75) is 19.3 Å². The van der Waals surface area contributed by atoms with Crippen molar-refractivity contribution in [1.82, 2.24) is 15.3 Å². The van der Waals surface area contributed by atoms with E-state index in [0.717, 1.165) is 46.9 Å². The maximum Gasteiger partial charge on any atom is 0.249 e. The van der Waals surface area contributed by atoms with Crippen LogP contribution in [-0.2, 0) is 0 Å². The van der Waals surface area contributed by atoms with Crippen LogP contribution in [0.15, 0.2) is 30.5 Å². The van der Waals surface area contributed by atoms with E-state index < -0.39 is 5.91 Å². The van der Waals surface area contributed by atoms with Crippen molar-refractivity contribution in [2.24, 2.45) is 11.7 Å². The van der Waals surface area contributed by atoms with E-state index in [4.69, 9.17) is 17.3 Å². The number of benzene rings is 1. The number of nitrogens with one attached hydrogen (secondary N) is 2. The van der Waals surface area contributed by atoms with Gasteiger partial charge in [0, 0.05) is 22.2 Å². The van der Waals surface area contributed by atoms with Crippen molar-refractivity contribution in [3.05, 3.63) is 41.0 Å². The summed E-state index contributed by atoms with van der Waals surface area (Å²) in [7, 11) is 0. The molecule has 1 aliphatic heterocycles. The van der Waals surface area contributed by atoms with Gasteiger partial charge in [-0.25, -0.2) is 9.97 Å². The van der Waals surface area contributed by atoms with E-state index in [1.54, 1.807) is 12.3 Å². The number of halogens is 1. The Labute approximate surface area is 172 Å². The fraction of sp³-hybridized carbons (Fsp3) is 0.350. The molecule has 1 fully saturated rings. The lowest BCUT2D eigenvalue weighted by molar-refractivity contribution is 0.100. The number of nitrogens with zero attached hydrogens (tertiary/aromatic N) is 2. The molecule has 0 bridgehead atoms. The first kappa shape index (κ1) is 19.1. The first-order valence-corrected chi connectivity index (χ1v) is 10.6. The number of carbonyl (C=O) groups is 1. The molecule has 1 amide bonds. The molecule has 8 heteroatoms. The molecule has 4 rings (SSSR count). The van der Waals surface area contributed by atoms with E-state index in [0.29, 0.717) is 22.2 Å². The summed E-state index contributed by atoms with van der Waals surface area (Å²) in [5, 5.41) is 8.02. The van der Waals surface area contributed by atoms with Crippen molar-refractivity contribution < 1.29 is 4.79 Å². The minimum absolute atomic E-state index is 0.441. The number of aromatic nitrogens is 2. The molecule has 1 aliphatic rings. The van der Waals surface area contributed by atoms with Gasteiger partial charge >= 0.3 is 0 Å². The second kappa shape index (κ2) is 8.43. The number of rotatable bonds is 6. The minimum Gasteiger partial charge on any atom is -0.366 e. The monoisotopic (exact) mass is 415 g/mol. The van der Waals surface area contributed by atoms with Crippen molar-refractivity contribution in [3.63, 3.8) is 0 Å². The molecule has 1 saturated heterocycles. The molecule has 0 radical (unpaired) electrons. The van der Waals surface area contributed by atoms with Crippen LogP contribution in [0.25, 0.3) is 20.7 Å². The van der Waals surface area contributed by atoms with Crippen LogP contribution in [-0.4, -0.2) is 35.5 Å². The molecular weight excluding hydrogens is 394 g/mol. The fourth-order valence-corrected chi connectivity index (χ4v) is 4.92. The predicted molar refractivity (Wildman–Crippen MR) is 115 cm³/mol. The van der Waals surface area contributed by atoms with Gasteiger partial charge in [0.2, 0.25) is 11.9 Å². The highest BCUT2D eigenvalue weighted by Crippen LogP contribution is 2.37. The number of primary amides is 1. The summed E-state index contributed by atoms with van der Waals surface area (Å²) in [4.78, 5) is 21.5. The van der Waals surface area contributed by atoms with Crippen LogP contribution in [0.4, 0.5) is 5.95 Å². The standard InChI is InChI=1S/C20H22ClN5OS/c21-15-11-25-20(24-9-6-12-4-7-23-8-5-12)26-18(15)17-10-14-13(19(22)27)2-1-3-16(14)28-17/h1-3,10-12,23H,4-9H2,(H2,22,27)(H,24,25,26). The van der Waals surface area contributed by atoms with E-state index >= 15 is 0 Å². The lowest BCUT2D eigenvalue weighted by Crippen LogP contribution is -2.28. The zero-order valence-electron chi connectivity index (χ0n) is 15.4. The Kier molecular flexibility index (Phi) is 5.75. The quantitative estimate of drug-likeness (QED) is 0.567. The molecule has 0 atom stereocenters. The van der Waals surface area contributed by atoms with Gasteiger partial charge in [0.25, 0.3) is 0 Å². The number of carbonyl (C=O) groups excluding carboxylic acids is 1. The Balaban J connectivity index is 1.54. The smallest absolute Gasteiger partial charge is 0.249 e. The van der Waals surface area contributed by atoms with Gasteiger partial charge in [-0.15, -0.1) is 11.3 Å². The molecule has 0 unspecified atom stereocenters. The average molecular weight is 416 g/mol. The highest BCUT2D eigenvalue weighted by atomic mass is 35.5. The Hall–Kier alpha value is -2.22. The first-order valence-electron chi connectivity index (χ1n) is 9.41. The van der Waals surface area contributed by atoms with Crippen molar-refractivity contribution in [2.75, 3.05) is 25.0 Å². The summed E-state index contributed by atoms with van der Waals surface area (Å²) in [6.07, 6.45) is 5.17. The second-order valence-corrected chi connectivity index (χ2v) is 8.48. The van der Waals surface area contributed by atoms with Gasteiger partial charge in [-0.1, -0.05) is 17.7 Å². The summed E-state index contributed by atoms with van der Waals surface area (Å²) < 4.78 is 0.974. The highest BCUT2D eigenvalue weighted by molar-refractivity contribution is 7.22. The Morgan fingerprint density at radius 1 is 1.36 bits per heavy atom. The van der Waals surface area contributed by atoms with Gasteiger partial charge < -0.3 is 16.4 Å². The molecule has 0 aliphatic carbocycles. The Bertz CT molecular complexity index is 999. The Morgan fingerprint density at radius 2 is 2.18 bits per heavy atom. The topological polar surface area (TPSA) is 92.9 Å². The number of nitrogens with two attached hydrogens (primary N) is 1. The molecule has 4 N–H and O–H groups in total. The average Bonchev–Trinajstić information content (AvgIpc) is 3.14. The molecule has 2 aromatic heterocycles. The van der Waals surface area contributed by atoms with E-state index in [-0.39, 0.29) is 0 Å². The summed E-state index contributed by atoms with van der Waals surface area (Å²) in [5.41, 5.74) is 6.67. The van der Waals surface area contributed by atoms with Gasteiger partial charge in [-0.05, 0) is 56.5 Å². The van der Waals surface area contributed by atoms with Gasteiger partial charge in [-0.3, -0.25) is 4.79 Å². The minimum atomic E-state index is -0.441. The number of hydrogen-bond donors (Lipinski definition) is 3. The van der Waals surface area contributed by atoms with Crippen LogP contribution in [0.5, 0.6) is 0 Å². The highest BCUT2D eigenvalue weighted by Gasteiger charge is 2.16. The van der Waals surface area contributed by atoms with Crippen LogP contribution >= 0.6 is 22.9 Å². The van der Waals surface area contributed by atoms with Crippen LogP contribution in [0, 0.1) is 5.92 Å². The van der Waals surface area contributed by atoms with E-state index in [9.17, 15) is 4.79 Å². The van der Waals surface area contributed by atoms with E-state index in [1.807, 2.05) is 18.2 Å². The number of amides is 1. The normalized spacial score (nSPS) is 15.0. The van der Waals surface area contributed by atoms with Crippen molar-refractivity contribution >= 4 is 44.9 Å². The summed E-state index contributed by atoms with van der Waals surface area (Å²) in [5.74, 6) is 0.875. The zero-order chi connectivity index (χ0) is 19.5. The number of hydrogen-bond acceptors (Lipinski definition) is 6. The van der Waals surface area contributed by atoms with E-state index in [2.05, 4.69) is 20.6 Å². The lowest BCUT2D eigenvalue weighted by Gasteiger charge is -2.22. The maximum atomic E-state index is 11.7. The van der Waals surface area contributed by atoms with Gasteiger partial charge in [0.15, 0.2) is 0 Å².